The highest BCUT2D eigenvalue weighted by Crippen LogP contribution is 2.22. The Labute approximate surface area is 223 Å². The molecule has 0 fully saturated rings. The molecule has 0 bridgehead atoms. The predicted molar refractivity (Wildman–Crippen MR) is 150 cm³/mol. The highest BCUT2D eigenvalue weighted by atomic mass is 32.2. The van der Waals surface area contributed by atoms with E-state index in [1.807, 2.05) is 60.7 Å². The summed E-state index contributed by atoms with van der Waals surface area (Å²) in [7, 11) is -8.56. The Morgan fingerprint density at radius 3 is 1.18 bits per heavy atom. The highest BCUT2D eigenvalue weighted by Gasteiger charge is 2.13. The first-order valence-electron chi connectivity index (χ1n) is 11.8. The van der Waals surface area contributed by atoms with Crippen LogP contribution in [0.5, 0.6) is 0 Å². The minimum Gasteiger partial charge on any atom is -0.282 e. The van der Waals surface area contributed by atoms with Crippen molar-refractivity contribution >= 4 is 32.4 Å². The third-order valence-electron chi connectivity index (χ3n) is 5.94. The van der Waals surface area contributed by atoms with E-state index in [0.717, 1.165) is 22.3 Å². The van der Waals surface area contributed by atoms with Crippen LogP contribution in [-0.2, 0) is 33.1 Å². The maximum Gasteiger partial charge on any atom is 0.295 e. The SMILES string of the molecule is O=S(=O)(O)c1ccccc1C=CCc1ccc(-c2ccc(CC=Cc3ccccc3S(=O)(=O)O)cc2)cc1. The van der Waals surface area contributed by atoms with Crippen LogP contribution in [0.3, 0.4) is 0 Å². The van der Waals surface area contributed by atoms with Crippen LogP contribution in [0.2, 0.25) is 0 Å². The standard InChI is InChI=1S/C30H26O6S2/c31-37(32,33)29-13-3-1-9-27(29)11-5-7-23-15-19-25(20-16-23)26-21-17-24(18-22-26)8-6-12-28-10-2-4-14-30(28)38(34,35)36/h1-6,9-22H,7-8H2,(H,31,32,33)(H,34,35,36). The van der Waals surface area contributed by atoms with Crippen LogP contribution in [0.15, 0.2) is 119 Å². The molecule has 0 aliphatic carbocycles. The minimum absolute atomic E-state index is 0.117. The average Bonchev–Trinajstić information content (AvgIpc) is 2.89. The smallest absolute Gasteiger partial charge is 0.282 e. The zero-order valence-corrected chi connectivity index (χ0v) is 21.9. The molecule has 6 nitrogen and oxygen atoms in total. The van der Waals surface area contributed by atoms with Crippen molar-refractivity contribution in [2.24, 2.45) is 0 Å². The van der Waals surface area contributed by atoms with Gasteiger partial charge in [-0.15, -0.1) is 0 Å². The second kappa shape index (κ2) is 11.7. The van der Waals surface area contributed by atoms with Gasteiger partial charge in [0.05, 0.1) is 0 Å². The Morgan fingerprint density at radius 2 is 0.842 bits per heavy atom. The van der Waals surface area contributed by atoms with Crippen molar-refractivity contribution in [2.75, 3.05) is 0 Å². The summed E-state index contributed by atoms with van der Waals surface area (Å²) >= 11 is 0. The van der Waals surface area contributed by atoms with E-state index in [1.54, 1.807) is 48.6 Å². The Bertz CT molecular complexity index is 1560. The Hall–Kier alpha value is -3.82. The monoisotopic (exact) mass is 546 g/mol. The molecule has 0 aliphatic rings. The lowest BCUT2D eigenvalue weighted by Gasteiger charge is -2.05. The molecule has 4 aromatic carbocycles. The summed E-state index contributed by atoms with van der Waals surface area (Å²) in [5.74, 6) is 0. The molecule has 0 aromatic heterocycles. The van der Waals surface area contributed by atoms with Crippen molar-refractivity contribution in [3.05, 3.63) is 131 Å². The van der Waals surface area contributed by atoms with E-state index in [0.29, 0.717) is 24.0 Å². The van der Waals surface area contributed by atoms with Gasteiger partial charge in [0.25, 0.3) is 20.2 Å². The van der Waals surface area contributed by atoms with Gasteiger partial charge in [-0.1, -0.05) is 109 Å². The molecular weight excluding hydrogens is 520 g/mol. The van der Waals surface area contributed by atoms with E-state index in [9.17, 15) is 25.9 Å². The summed E-state index contributed by atoms with van der Waals surface area (Å²) in [6.45, 7) is 0. The molecule has 0 unspecified atom stereocenters. The van der Waals surface area contributed by atoms with Crippen LogP contribution >= 0.6 is 0 Å². The molecule has 0 spiro atoms. The van der Waals surface area contributed by atoms with E-state index in [-0.39, 0.29) is 9.79 Å². The Morgan fingerprint density at radius 1 is 0.500 bits per heavy atom. The van der Waals surface area contributed by atoms with Gasteiger partial charge in [0.2, 0.25) is 0 Å². The van der Waals surface area contributed by atoms with Gasteiger partial charge in [-0.05, 0) is 58.4 Å². The molecule has 4 rings (SSSR count). The van der Waals surface area contributed by atoms with Gasteiger partial charge in [0.1, 0.15) is 9.79 Å². The third-order valence-corrected chi connectivity index (χ3v) is 7.79. The normalized spacial score (nSPS) is 12.4. The van der Waals surface area contributed by atoms with E-state index in [1.165, 1.54) is 12.1 Å². The van der Waals surface area contributed by atoms with Crippen LogP contribution < -0.4 is 0 Å². The number of hydrogen-bond acceptors (Lipinski definition) is 4. The molecule has 4 aromatic rings. The number of benzene rings is 4. The van der Waals surface area contributed by atoms with Crippen molar-refractivity contribution in [1.82, 2.24) is 0 Å². The first kappa shape index (κ1) is 27.2. The van der Waals surface area contributed by atoms with Gasteiger partial charge in [-0.25, -0.2) is 0 Å². The molecule has 0 radical (unpaired) electrons. The zero-order valence-electron chi connectivity index (χ0n) is 20.3. The number of allylic oxidation sites excluding steroid dienone is 2. The van der Waals surface area contributed by atoms with Crippen molar-refractivity contribution in [2.45, 2.75) is 22.6 Å². The van der Waals surface area contributed by atoms with Gasteiger partial charge in [0.15, 0.2) is 0 Å². The van der Waals surface area contributed by atoms with E-state index < -0.39 is 20.2 Å². The Balaban J connectivity index is 1.38. The largest absolute Gasteiger partial charge is 0.295 e. The summed E-state index contributed by atoms with van der Waals surface area (Å²) in [5, 5.41) is 0. The molecule has 8 heteroatoms. The molecule has 194 valence electrons. The summed E-state index contributed by atoms with van der Waals surface area (Å²) in [6, 6.07) is 28.7. The maximum atomic E-state index is 11.5. The van der Waals surface area contributed by atoms with Gasteiger partial charge < -0.3 is 0 Å². The van der Waals surface area contributed by atoms with Gasteiger partial charge >= 0.3 is 0 Å². The molecular formula is C30H26O6S2. The first-order chi connectivity index (χ1) is 18.1. The maximum absolute atomic E-state index is 11.5. The van der Waals surface area contributed by atoms with Crippen molar-refractivity contribution in [3.63, 3.8) is 0 Å². The van der Waals surface area contributed by atoms with Crippen LogP contribution in [0, 0.1) is 0 Å². The van der Waals surface area contributed by atoms with Crippen LogP contribution in [-0.4, -0.2) is 25.9 Å². The molecule has 0 atom stereocenters. The fourth-order valence-electron chi connectivity index (χ4n) is 4.02. The van der Waals surface area contributed by atoms with Gasteiger partial charge in [-0.2, -0.15) is 16.8 Å². The lowest BCUT2D eigenvalue weighted by Crippen LogP contribution is -2.00. The molecule has 0 heterocycles. The van der Waals surface area contributed by atoms with E-state index in [4.69, 9.17) is 0 Å². The molecule has 0 aliphatic heterocycles. The number of hydrogen-bond donors (Lipinski definition) is 2. The fourth-order valence-corrected chi connectivity index (χ4v) is 5.39. The van der Waals surface area contributed by atoms with Crippen LogP contribution in [0.4, 0.5) is 0 Å². The number of rotatable bonds is 9. The van der Waals surface area contributed by atoms with Crippen molar-refractivity contribution in [3.8, 4) is 11.1 Å². The summed E-state index contributed by atoms with van der Waals surface area (Å²) in [5.41, 5.74) is 5.09. The van der Waals surface area contributed by atoms with Gasteiger partial charge in [0, 0.05) is 0 Å². The lowest BCUT2D eigenvalue weighted by molar-refractivity contribution is 0.480. The van der Waals surface area contributed by atoms with Crippen LogP contribution in [0.25, 0.3) is 23.3 Å². The summed E-state index contributed by atoms with van der Waals surface area (Å²) in [6.07, 6.45) is 8.29. The molecule has 0 saturated carbocycles. The molecule has 0 saturated heterocycles. The predicted octanol–water partition coefficient (Wildman–Crippen LogP) is 6.36. The van der Waals surface area contributed by atoms with Crippen molar-refractivity contribution < 1.29 is 25.9 Å². The summed E-state index contributed by atoms with van der Waals surface area (Å²) in [4.78, 5) is -0.234. The Kier molecular flexibility index (Phi) is 8.38. The van der Waals surface area contributed by atoms with E-state index >= 15 is 0 Å². The average molecular weight is 547 g/mol. The second-order valence-corrected chi connectivity index (χ2v) is 11.4. The molecule has 2 N–H and O–H groups in total. The summed E-state index contributed by atoms with van der Waals surface area (Å²) < 4.78 is 64.9. The van der Waals surface area contributed by atoms with Crippen LogP contribution in [0.1, 0.15) is 22.3 Å². The fraction of sp³-hybridized carbons (Fsp3) is 0.0667. The van der Waals surface area contributed by atoms with Crippen molar-refractivity contribution in [1.29, 1.82) is 0 Å². The zero-order chi connectivity index (χ0) is 27.2. The third kappa shape index (κ3) is 7.14. The first-order valence-corrected chi connectivity index (χ1v) is 14.6. The topological polar surface area (TPSA) is 109 Å². The molecule has 38 heavy (non-hydrogen) atoms. The molecule has 0 amide bonds. The quantitative estimate of drug-likeness (QED) is 0.237. The van der Waals surface area contributed by atoms with Gasteiger partial charge in [-0.3, -0.25) is 9.11 Å². The second-order valence-electron chi connectivity index (χ2n) is 8.63. The minimum atomic E-state index is -4.28. The lowest BCUT2D eigenvalue weighted by atomic mass is 10.0. The highest BCUT2D eigenvalue weighted by molar-refractivity contribution is 7.86. The van der Waals surface area contributed by atoms with E-state index in [2.05, 4.69) is 0 Å².